The van der Waals surface area contributed by atoms with E-state index in [2.05, 4.69) is 34.3 Å². The van der Waals surface area contributed by atoms with Crippen molar-refractivity contribution < 1.29 is 9.18 Å². The molecule has 0 fully saturated rings. The maximum atomic E-state index is 13.7. The van der Waals surface area contributed by atoms with E-state index in [1.165, 1.54) is 17.2 Å². The van der Waals surface area contributed by atoms with Crippen LogP contribution in [0.4, 0.5) is 4.39 Å². The number of nitrogens with zero attached hydrogens (tertiary/aromatic N) is 2. The fourth-order valence-corrected chi connectivity index (χ4v) is 4.86. The molecule has 32 heavy (non-hydrogen) atoms. The summed E-state index contributed by atoms with van der Waals surface area (Å²) < 4.78 is 13.7. The molecule has 0 radical (unpaired) electrons. The van der Waals surface area contributed by atoms with E-state index in [0.717, 1.165) is 66.6 Å². The fourth-order valence-electron chi connectivity index (χ4n) is 4.86. The fraction of sp³-hybridized carbons (Fsp3) is 0.346. The van der Waals surface area contributed by atoms with Crippen LogP contribution >= 0.6 is 0 Å². The minimum Gasteiger partial charge on any atom is -0.365 e. The average Bonchev–Trinajstić information content (AvgIpc) is 3.22. The van der Waals surface area contributed by atoms with Crippen molar-refractivity contribution in [3.8, 4) is 0 Å². The maximum absolute atomic E-state index is 13.7. The number of hydrogen-bond donors (Lipinski definition) is 2. The molecular weight excluding hydrogens is 403 g/mol. The quantitative estimate of drug-likeness (QED) is 0.721. The van der Waals surface area contributed by atoms with Gasteiger partial charge in [-0.25, -0.2) is 4.39 Å². The molecular formula is C26H29FN4O. The summed E-state index contributed by atoms with van der Waals surface area (Å²) in [6.45, 7) is 6.73. The highest BCUT2D eigenvalue weighted by Crippen LogP contribution is 2.30. The van der Waals surface area contributed by atoms with Gasteiger partial charge in [-0.15, -0.1) is 0 Å². The normalized spacial score (nSPS) is 21.5. The molecule has 5 nitrogen and oxygen atoms in total. The van der Waals surface area contributed by atoms with Crippen molar-refractivity contribution in [3.63, 3.8) is 0 Å². The molecule has 1 unspecified atom stereocenters. The zero-order valence-corrected chi connectivity index (χ0v) is 18.6. The topological polar surface area (TPSA) is 51.4 Å². The van der Waals surface area contributed by atoms with Gasteiger partial charge in [0.15, 0.2) is 0 Å². The summed E-state index contributed by atoms with van der Waals surface area (Å²) in [5.41, 5.74) is 6.39. The number of halogens is 1. The second-order valence-corrected chi connectivity index (χ2v) is 8.74. The Labute approximate surface area is 188 Å². The van der Waals surface area contributed by atoms with Gasteiger partial charge in [-0.2, -0.15) is 0 Å². The van der Waals surface area contributed by atoms with Crippen LogP contribution in [0.2, 0.25) is 0 Å². The van der Waals surface area contributed by atoms with Gasteiger partial charge in [0, 0.05) is 59.8 Å². The van der Waals surface area contributed by atoms with E-state index < -0.39 is 0 Å². The lowest BCUT2D eigenvalue weighted by molar-refractivity contribution is -0.127. The van der Waals surface area contributed by atoms with Crippen LogP contribution in [0.1, 0.15) is 38.7 Å². The summed E-state index contributed by atoms with van der Waals surface area (Å²) in [6.07, 6.45) is 12.8. The number of amides is 1. The molecule has 2 N–H and O–H groups in total. The summed E-state index contributed by atoms with van der Waals surface area (Å²) in [6, 6.07) is 4.88. The Morgan fingerprint density at radius 1 is 1.28 bits per heavy atom. The van der Waals surface area contributed by atoms with E-state index in [9.17, 15) is 9.18 Å². The summed E-state index contributed by atoms with van der Waals surface area (Å²) in [5, 5.41) is 4.43. The molecule has 5 rings (SSSR count). The average molecular weight is 433 g/mol. The molecule has 6 heteroatoms. The van der Waals surface area contributed by atoms with Gasteiger partial charge in [0.05, 0.1) is 0 Å². The molecule has 0 bridgehead atoms. The first kappa shape index (κ1) is 20.8. The summed E-state index contributed by atoms with van der Waals surface area (Å²) in [5.74, 6) is -0.110. The molecule has 1 aromatic carbocycles. The highest BCUT2D eigenvalue weighted by molar-refractivity contribution is 5.96. The number of allylic oxidation sites excluding steroid dienone is 3. The van der Waals surface area contributed by atoms with Crippen molar-refractivity contribution in [1.29, 1.82) is 0 Å². The molecule has 1 aromatic heterocycles. The van der Waals surface area contributed by atoms with Crippen LogP contribution in [-0.4, -0.2) is 46.5 Å². The van der Waals surface area contributed by atoms with Crippen molar-refractivity contribution in [2.45, 2.75) is 39.3 Å². The van der Waals surface area contributed by atoms with Gasteiger partial charge in [0.2, 0.25) is 0 Å². The number of aromatic amines is 1. The van der Waals surface area contributed by atoms with Crippen LogP contribution < -0.4 is 5.32 Å². The zero-order valence-electron chi connectivity index (χ0n) is 18.6. The summed E-state index contributed by atoms with van der Waals surface area (Å²) >= 11 is 0. The van der Waals surface area contributed by atoms with E-state index >= 15 is 0 Å². The van der Waals surface area contributed by atoms with Gasteiger partial charge in [0.25, 0.3) is 5.91 Å². The SMILES string of the molecule is CCC1=CC2NC(C)=C(CCN3CC=C(c4c[nH]c5ccc(F)cc45)CC3)C(=O)N2C=C1. The Kier molecular flexibility index (Phi) is 5.47. The Morgan fingerprint density at radius 3 is 2.94 bits per heavy atom. The molecule has 2 aromatic rings. The van der Waals surface area contributed by atoms with Gasteiger partial charge >= 0.3 is 0 Å². The number of fused-ring (bicyclic) bond motifs is 2. The Hall–Kier alpha value is -3.12. The predicted octanol–water partition coefficient (Wildman–Crippen LogP) is 4.68. The smallest absolute Gasteiger partial charge is 0.257 e. The van der Waals surface area contributed by atoms with Crippen molar-refractivity contribution in [2.24, 2.45) is 0 Å². The van der Waals surface area contributed by atoms with Gasteiger partial charge < -0.3 is 10.3 Å². The van der Waals surface area contributed by atoms with Crippen molar-refractivity contribution >= 4 is 22.4 Å². The van der Waals surface area contributed by atoms with E-state index in [4.69, 9.17) is 0 Å². The predicted molar refractivity (Wildman–Crippen MR) is 126 cm³/mol. The Morgan fingerprint density at radius 2 is 2.16 bits per heavy atom. The molecule has 3 aliphatic rings. The first-order valence-electron chi connectivity index (χ1n) is 11.4. The highest BCUT2D eigenvalue weighted by atomic mass is 19.1. The molecule has 4 heterocycles. The van der Waals surface area contributed by atoms with Crippen molar-refractivity contribution in [3.05, 3.63) is 77.0 Å². The van der Waals surface area contributed by atoms with Gasteiger partial charge in [0.1, 0.15) is 12.0 Å². The van der Waals surface area contributed by atoms with E-state index in [-0.39, 0.29) is 17.9 Å². The van der Waals surface area contributed by atoms with Crippen LogP contribution in [-0.2, 0) is 4.79 Å². The van der Waals surface area contributed by atoms with Gasteiger partial charge in [-0.05, 0) is 67.7 Å². The third kappa shape index (κ3) is 3.79. The van der Waals surface area contributed by atoms with E-state index in [1.807, 2.05) is 25.4 Å². The number of rotatable bonds is 5. The van der Waals surface area contributed by atoms with Crippen LogP contribution in [0.5, 0.6) is 0 Å². The second kappa shape index (κ2) is 8.43. The highest BCUT2D eigenvalue weighted by Gasteiger charge is 2.31. The van der Waals surface area contributed by atoms with Crippen molar-refractivity contribution in [1.82, 2.24) is 20.1 Å². The number of benzene rings is 1. The molecule has 166 valence electrons. The Balaban J connectivity index is 1.24. The minimum atomic E-state index is -0.210. The summed E-state index contributed by atoms with van der Waals surface area (Å²) in [7, 11) is 0. The van der Waals surface area contributed by atoms with Crippen LogP contribution in [0.3, 0.4) is 0 Å². The largest absolute Gasteiger partial charge is 0.365 e. The molecule has 0 saturated carbocycles. The first-order valence-corrected chi connectivity index (χ1v) is 11.4. The standard InChI is InChI=1S/C26H29FN4O/c1-3-18-6-13-31-25(14-18)29-17(2)21(26(31)32)9-12-30-10-7-19(8-11-30)23-16-28-24-5-4-20(27)15-22(23)24/h4-7,13-16,25,28-29H,3,8-12H2,1-2H3. The number of hydrogen-bond acceptors (Lipinski definition) is 3. The molecule has 0 aliphatic carbocycles. The Bertz CT molecular complexity index is 1190. The summed E-state index contributed by atoms with van der Waals surface area (Å²) in [4.78, 5) is 20.5. The number of H-pyrrole nitrogens is 1. The number of nitrogens with one attached hydrogen (secondary N) is 2. The minimum absolute atomic E-state index is 0.0762. The maximum Gasteiger partial charge on any atom is 0.257 e. The number of carbonyl (C=O) groups excluding carboxylic acids is 1. The zero-order chi connectivity index (χ0) is 22.2. The van der Waals surface area contributed by atoms with Gasteiger partial charge in [-0.1, -0.05) is 13.0 Å². The lowest BCUT2D eigenvalue weighted by Gasteiger charge is -2.37. The third-order valence-corrected chi connectivity index (χ3v) is 6.80. The third-order valence-electron chi connectivity index (χ3n) is 6.80. The lowest BCUT2D eigenvalue weighted by Crippen LogP contribution is -2.50. The van der Waals surface area contributed by atoms with E-state index in [0.29, 0.717) is 0 Å². The first-order chi connectivity index (χ1) is 15.5. The monoisotopic (exact) mass is 432 g/mol. The van der Waals surface area contributed by atoms with Crippen LogP contribution in [0.15, 0.2) is 65.7 Å². The molecule has 0 saturated heterocycles. The number of aromatic nitrogens is 1. The van der Waals surface area contributed by atoms with Crippen LogP contribution in [0, 0.1) is 5.82 Å². The number of carbonyl (C=O) groups is 1. The molecule has 1 amide bonds. The van der Waals surface area contributed by atoms with E-state index in [1.54, 1.807) is 17.0 Å². The lowest BCUT2D eigenvalue weighted by atomic mass is 9.98. The van der Waals surface area contributed by atoms with Gasteiger partial charge in [-0.3, -0.25) is 14.6 Å². The molecule has 1 atom stereocenters. The molecule has 0 spiro atoms. The van der Waals surface area contributed by atoms with Crippen molar-refractivity contribution in [2.75, 3.05) is 19.6 Å². The van der Waals surface area contributed by atoms with Crippen LogP contribution in [0.25, 0.3) is 16.5 Å². The second-order valence-electron chi connectivity index (χ2n) is 8.74. The molecule has 3 aliphatic heterocycles.